The first kappa shape index (κ1) is 16.3. The molecule has 0 aliphatic carbocycles. The van der Waals surface area contributed by atoms with Crippen molar-refractivity contribution in [3.63, 3.8) is 0 Å². The fourth-order valence-electron chi connectivity index (χ4n) is 2.84. The minimum atomic E-state index is 0.0247. The average Bonchev–Trinajstić information content (AvgIpc) is 2.61. The van der Waals surface area contributed by atoms with Crippen LogP contribution in [0.3, 0.4) is 0 Å². The first-order chi connectivity index (χ1) is 11.8. The molecule has 122 valence electrons. The molecule has 2 heteroatoms. The highest BCUT2D eigenvalue weighted by atomic mass is 16.5. The molecule has 0 amide bonds. The summed E-state index contributed by atoms with van der Waals surface area (Å²) in [6.07, 6.45) is 1.75. The quantitative estimate of drug-likeness (QED) is 0.706. The summed E-state index contributed by atoms with van der Waals surface area (Å²) in [5.74, 6) is 0.823. The smallest absolute Gasteiger partial charge is 0.119 e. The molecule has 0 aliphatic rings. The van der Waals surface area contributed by atoms with E-state index in [2.05, 4.69) is 66.7 Å². The second-order valence-electron chi connectivity index (χ2n) is 5.88. The van der Waals surface area contributed by atoms with E-state index in [1.807, 2.05) is 12.1 Å². The SMILES string of the molecule is OCCOc1cc(Cc2ccccc2)cc(Cc2ccccc2)c1. The van der Waals surface area contributed by atoms with Crippen LogP contribution in [0.5, 0.6) is 5.75 Å². The molecule has 0 bridgehead atoms. The molecule has 0 aromatic heterocycles. The molecule has 0 spiro atoms. The standard InChI is InChI=1S/C22H22O2/c23-11-12-24-22-16-20(13-18-7-3-1-4-8-18)15-21(17-22)14-19-9-5-2-6-10-19/h1-10,15-17,23H,11-14H2. The van der Waals surface area contributed by atoms with Gasteiger partial charge < -0.3 is 9.84 Å². The number of aliphatic hydroxyl groups is 1. The second kappa shape index (κ2) is 8.32. The van der Waals surface area contributed by atoms with Crippen molar-refractivity contribution >= 4 is 0 Å². The Labute approximate surface area is 143 Å². The maximum atomic E-state index is 9.01. The average molecular weight is 318 g/mol. The maximum absolute atomic E-state index is 9.01. The molecule has 0 fully saturated rings. The number of hydrogen-bond donors (Lipinski definition) is 1. The van der Waals surface area contributed by atoms with E-state index in [1.54, 1.807) is 0 Å². The number of hydrogen-bond acceptors (Lipinski definition) is 2. The van der Waals surface area contributed by atoms with Gasteiger partial charge in [-0.25, -0.2) is 0 Å². The van der Waals surface area contributed by atoms with Gasteiger partial charge in [-0.05, 0) is 47.2 Å². The zero-order valence-electron chi connectivity index (χ0n) is 13.7. The maximum Gasteiger partial charge on any atom is 0.119 e. The van der Waals surface area contributed by atoms with Crippen molar-refractivity contribution in [1.29, 1.82) is 0 Å². The van der Waals surface area contributed by atoms with Gasteiger partial charge in [0.25, 0.3) is 0 Å². The fourth-order valence-corrected chi connectivity index (χ4v) is 2.84. The van der Waals surface area contributed by atoms with E-state index in [0.717, 1.165) is 18.6 Å². The molecule has 0 unspecified atom stereocenters. The predicted molar refractivity (Wildman–Crippen MR) is 97.5 cm³/mol. The van der Waals surface area contributed by atoms with Gasteiger partial charge >= 0.3 is 0 Å². The lowest BCUT2D eigenvalue weighted by Gasteiger charge is -2.11. The largest absolute Gasteiger partial charge is 0.491 e. The molecule has 2 nitrogen and oxygen atoms in total. The molecular formula is C22H22O2. The molecule has 3 aromatic carbocycles. The first-order valence-corrected chi connectivity index (χ1v) is 8.28. The van der Waals surface area contributed by atoms with Crippen molar-refractivity contribution < 1.29 is 9.84 Å². The van der Waals surface area contributed by atoms with Crippen molar-refractivity contribution in [3.8, 4) is 5.75 Å². The summed E-state index contributed by atoms with van der Waals surface area (Å²) in [6, 6.07) is 27.2. The number of rotatable bonds is 7. The van der Waals surface area contributed by atoms with Gasteiger partial charge in [0, 0.05) is 0 Å². The van der Waals surface area contributed by atoms with E-state index in [0.29, 0.717) is 6.61 Å². The van der Waals surface area contributed by atoms with E-state index in [1.165, 1.54) is 22.3 Å². The summed E-state index contributed by atoms with van der Waals surface area (Å²) in [4.78, 5) is 0. The Morgan fingerprint density at radius 1 is 0.625 bits per heavy atom. The van der Waals surface area contributed by atoms with E-state index >= 15 is 0 Å². The summed E-state index contributed by atoms with van der Waals surface area (Å²) in [6.45, 7) is 0.344. The number of aliphatic hydroxyl groups excluding tert-OH is 1. The van der Waals surface area contributed by atoms with E-state index in [9.17, 15) is 0 Å². The lowest BCUT2D eigenvalue weighted by atomic mass is 9.99. The van der Waals surface area contributed by atoms with Crippen molar-refractivity contribution in [2.45, 2.75) is 12.8 Å². The second-order valence-corrected chi connectivity index (χ2v) is 5.88. The van der Waals surface area contributed by atoms with Gasteiger partial charge in [-0.3, -0.25) is 0 Å². The lowest BCUT2D eigenvalue weighted by Crippen LogP contribution is -2.03. The lowest BCUT2D eigenvalue weighted by molar-refractivity contribution is 0.201. The Kier molecular flexibility index (Phi) is 5.65. The van der Waals surface area contributed by atoms with Crippen LogP contribution in [0.15, 0.2) is 78.9 Å². The third-order valence-electron chi connectivity index (χ3n) is 3.89. The molecule has 3 aromatic rings. The molecule has 24 heavy (non-hydrogen) atoms. The van der Waals surface area contributed by atoms with Crippen LogP contribution >= 0.6 is 0 Å². The van der Waals surface area contributed by atoms with Crippen LogP contribution in [0.2, 0.25) is 0 Å². The van der Waals surface area contributed by atoms with Gasteiger partial charge in [-0.1, -0.05) is 66.7 Å². The van der Waals surface area contributed by atoms with E-state index in [-0.39, 0.29) is 6.61 Å². The number of benzene rings is 3. The molecule has 3 rings (SSSR count). The minimum Gasteiger partial charge on any atom is -0.491 e. The van der Waals surface area contributed by atoms with Gasteiger partial charge in [0.15, 0.2) is 0 Å². The minimum absolute atomic E-state index is 0.0247. The highest BCUT2D eigenvalue weighted by Crippen LogP contribution is 2.22. The highest BCUT2D eigenvalue weighted by Gasteiger charge is 2.05. The van der Waals surface area contributed by atoms with Crippen LogP contribution in [-0.4, -0.2) is 18.3 Å². The Morgan fingerprint density at radius 3 is 1.58 bits per heavy atom. The molecule has 0 aliphatic heterocycles. The van der Waals surface area contributed by atoms with Gasteiger partial charge in [-0.2, -0.15) is 0 Å². The summed E-state index contributed by atoms with van der Waals surface area (Å²) < 4.78 is 5.66. The predicted octanol–water partition coefficient (Wildman–Crippen LogP) is 4.24. The summed E-state index contributed by atoms with van der Waals surface area (Å²) in [5, 5.41) is 9.01. The van der Waals surface area contributed by atoms with Crippen LogP contribution in [0, 0.1) is 0 Å². The van der Waals surface area contributed by atoms with E-state index in [4.69, 9.17) is 9.84 Å². The van der Waals surface area contributed by atoms with Crippen LogP contribution in [0.1, 0.15) is 22.3 Å². The van der Waals surface area contributed by atoms with Gasteiger partial charge in [-0.15, -0.1) is 0 Å². The van der Waals surface area contributed by atoms with Crippen molar-refractivity contribution in [1.82, 2.24) is 0 Å². The van der Waals surface area contributed by atoms with Crippen LogP contribution in [0.25, 0.3) is 0 Å². The van der Waals surface area contributed by atoms with E-state index < -0.39 is 0 Å². The third kappa shape index (κ3) is 4.71. The van der Waals surface area contributed by atoms with Crippen LogP contribution < -0.4 is 4.74 Å². The Morgan fingerprint density at radius 2 is 1.12 bits per heavy atom. The van der Waals surface area contributed by atoms with Crippen molar-refractivity contribution in [2.24, 2.45) is 0 Å². The zero-order chi connectivity index (χ0) is 16.6. The highest BCUT2D eigenvalue weighted by molar-refractivity contribution is 5.39. The zero-order valence-corrected chi connectivity index (χ0v) is 13.7. The van der Waals surface area contributed by atoms with Gasteiger partial charge in [0.1, 0.15) is 12.4 Å². The fraction of sp³-hybridized carbons (Fsp3) is 0.182. The molecule has 0 radical (unpaired) electrons. The summed E-state index contributed by atoms with van der Waals surface area (Å²) >= 11 is 0. The summed E-state index contributed by atoms with van der Waals surface area (Å²) in [7, 11) is 0. The Hall–Kier alpha value is -2.58. The molecule has 0 heterocycles. The molecule has 0 atom stereocenters. The first-order valence-electron chi connectivity index (χ1n) is 8.28. The van der Waals surface area contributed by atoms with Gasteiger partial charge in [0.05, 0.1) is 6.61 Å². The van der Waals surface area contributed by atoms with Crippen molar-refractivity contribution in [3.05, 3.63) is 101 Å². The normalized spacial score (nSPS) is 10.5. The molecular weight excluding hydrogens is 296 g/mol. The molecule has 1 N–H and O–H groups in total. The van der Waals surface area contributed by atoms with Crippen molar-refractivity contribution in [2.75, 3.05) is 13.2 Å². The Bertz CT molecular complexity index is 692. The molecule has 0 saturated carbocycles. The molecule has 0 saturated heterocycles. The topological polar surface area (TPSA) is 29.5 Å². The van der Waals surface area contributed by atoms with Crippen LogP contribution in [-0.2, 0) is 12.8 Å². The Balaban J connectivity index is 1.85. The summed E-state index contributed by atoms with van der Waals surface area (Å²) in [5.41, 5.74) is 5.01. The third-order valence-corrected chi connectivity index (χ3v) is 3.89. The van der Waals surface area contributed by atoms with Crippen LogP contribution in [0.4, 0.5) is 0 Å². The van der Waals surface area contributed by atoms with Gasteiger partial charge in [0.2, 0.25) is 0 Å². The number of ether oxygens (including phenoxy) is 1. The monoisotopic (exact) mass is 318 g/mol.